The van der Waals surface area contributed by atoms with E-state index in [1.165, 1.54) is 12.1 Å². The Kier molecular flexibility index (Phi) is 7.20. The van der Waals surface area contributed by atoms with Gasteiger partial charge < -0.3 is 10.5 Å². The molecule has 5 nitrogen and oxygen atoms in total. The third-order valence-electron chi connectivity index (χ3n) is 7.55. The minimum Gasteiger partial charge on any atom is -0.489 e. The number of rotatable bonds is 5. The average Bonchev–Trinajstić information content (AvgIpc) is 2.91. The third kappa shape index (κ3) is 4.91. The lowest BCUT2D eigenvalue weighted by atomic mass is 9.73. The second-order valence-electron chi connectivity index (χ2n) is 10.1. The first-order valence-electron chi connectivity index (χ1n) is 12.9. The Morgan fingerprint density at radius 2 is 1.85 bits per heavy atom. The van der Waals surface area contributed by atoms with E-state index in [1.54, 1.807) is 12.1 Å². The first-order chi connectivity index (χ1) is 18.7. The Bertz CT molecular complexity index is 1580. The molecule has 1 atom stereocenters. The monoisotopic (exact) mass is 541 g/mol. The van der Waals surface area contributed by atoms with Gasteiger partial charge in [-0.15, -0.1) is 0 Å². The number of aryl methyl sites for hydroxylation is 2. The van der Waals surface area contributed by atoms with E-state index in [4.69, 9.17) is 22.1 Å². The van der Waals surface area contributed by atoms with Crippen molar-refractivity contribution in [3.63, 3.8) is 0 Å². The number of ether oxygens (including phenoxy) is 1. The number of hydrogen-bond acceptors (Lipinski definition) is 5. The molecule has 2 aliphatic rings. The number of benzene rings is 3. The Morgan fingerprint density at radius 1 is 1.10 bits per heavy atom. The van der Waals surface area contributed by atoms with Crippen molar-refractivity contribution in [1.82, 2.24) is 0 Å². The molecule has 5 rings (SSSR count). The first-order valence-corrected chi connectivity index (χ1v) is 13.3. The average molecular weight is 542 g/mol. The fourth-order valence-corrected chi connectivity index (χ4v) is 5.69. The summed E-state index contributed by atoms with van der Waals surface area (Å²) in [4.78, 5) is 15.4. The molecule has 1 heterocycles. The minimum atomic E-state index is -0.584. The summed E-state index contributed by atoms with van der Waals surface area (Å²) in [5, 5.41) is 11.0. The van der Waals surface area contributed by atoms with Gasteiger partial charge in [-0.2, -0.15) is 5.26 Å². The zero-order chi connectivity index (χ0) is 27.8. The number of nitrogens with zero attached hydrogens (tertiary/aromatic N) is 2. The standard InChI is InChI=1S/C32H29ClFN3O2/c1-18-13-21(17-39-24-11-8-22(34)9-12-24)20(3)25(14-18)30-26(16-35)32(36)37(23-10-7-19(2)27(33)15-23)28-5-4-6-29(38)31(28)30/h7-15,30H,4-6,17,36H2,1-3H3. The maximum absolute atomic E-state index is 13.6. The van der Waals surface area contributed by atoms with Crippen LogP contribution in [0, 0.1) is 37.9 Å². The molecule has 39 heavy (non-hydrogen) atoms. The number of nitrogens with two attached hydrogens (primary N) is 1. The van der Waals surface area contributed by atoms with Crippen LogP contribution in [0.1, 0.15) is 53.0 Å². The number of nitriles is 1. The van der Waals surface area contributed by atoms with Crippen LogP contribution in [0.5, 0.6) is 5.75 Å². The molecule has 198 valence electrons. The van der Waals surface area contributed by atoms with Crippen molar-refractivity contribution in [2.75, 3.05) is 4.90 Å². The summed E-state index contributed by atoms with van der Waals surface area (Å²) in [6, 6.07) is 17.9. The molecule has 0 amide bonds. The SMILES string of the molecule is Cc1cc(COc2ccc(F)cc2)c(C)c(C2C(C#N)=C(N)N(c3ccc(C)c(Cl)c3)C3=C2C(=O)CCC3)c1. The van der Waals surface area contributed by atoms with E-state index >= 15 is 0 Å². The van der Waals surface area contributed by atoms with Crippen molar-refractivity contribution in [3.05, 3.63) is 116 Å². The van der Waals surface area contributed by atoms with Crippen LogP contribution < -0.4 is 15.4 Å². The molecular weight excluding hydrogens is 513 g/mol. The molecule has 0 radical (unpaired) electrons. The second kappa shape index (κ2) is 10.6. The van der Waals surface area contributed by atoms with E-state index in [-0.39, 0.29) is 18.2 Å². The van der Waals surface area contributed by atoms with Crippen LogP contribution in [0.25, 0.3) is 0 Å². The highest BCUT2D eigenvalue weighted by Crippen LogP contribution is 2.47. The molecule has 1 unspecified atom stereocenters. The number of carbonyl (C=O) groups excluding carboxylic acids is 1. The minimum absolute atomic E-state index is 0.0229. The number of Topliss-reactive ketones (excluding diaryl/α,β-unsaturated/α-hetero) is 1. The number of anilines is 1. The maximum Gasteiger partial charge on any atom is 0.161 e. The molecule has 3 aromatic rings. The van der Waals surface area contributed by atoms with E-state index < -0.39 is 5.92 Å². The Balaban J connectivity index is 1.63. The molecule has 1 aliphatic carbocycles. The lowest BCUT2D eigenvalue weighted by Gasteiger charge is -2.40. The van der Waals surface area contributed by atoms with E-state index in [0.29, 0.717) is 47.0 Å². The van der Waals surface area contributed by atoms with Gasteiger partial charge in [-0.1, -0.05) is 35.4 Å². The normalized spacial score (nSPS) is 17.3. The van der Waals surface area contributed by atoms with Crippen molar-refractivity contribution in [2.24, 2.45) is 5.73 Å². The van der Waals surface area contributed by atoms with E-state index in [0.717, 1.165) is 39.2 Å². The van der Waals surface area contributed by atoms with Gasteiger partial charge in [0.05, 0.1) is 17.6 Å². The Morgan fingerprint density at radius 3 is 2.54 bits per heavy atom. The van der Waals surface area contributed by atoms with Crippen LogP contribution in [-0.2, 0) is 11.4 Å². The van der Waals surface area contributed by atoms with Crippen molar-refractivity contribution >= 4 is 23.1 Å². The van der Waals surface area contributed by atoms with Gasteiger partial charge in [0.2, 0.25) is 0 Å². The van der Waals surface area contributed by atoms with Crippen molar-refractivity contribution in [3.8, 4) is 11.8 Å². The number of ketones is 1. The molecule has 7 heteroatoms. The van der Waals surface area contributed by atoms with Crippen molar-refractivity contribution < 1.29 is 13.9 Å². The second-order valence-corrected chi connectivity index (χ2v) is 10.5. The highest BCUT2D eigenvalue weighted by molar-refractivity contribution is 6.31. The fourth-order valence-electron chi connectivity index (χ4n) is 5.52. The van der Waals surface area contributed by atoms with Gasteiger partial charge in [0.25, 0.3) is 0 Å². The lowest BCUT2D eigenvalue weighted by Crippen LogP contribution is -2.39. The predicted molar refractivity (Wildman–Crippen MR) is 151 cm³/mol. The van der Waals surface area contributed by atoms with Gasteiger partial charge in [-0.05, 0) is 92.3 Å². The van der Waals surface area contributed by atoms with Crippen molar-refractivity contribution in [2.45, 2.75) is 52.6 Å². The molecule has 0 aromatic heterocycles. The number of carbonyl (C=O) groups is 1. The topological polar surface area (TPSA) is 79.3 Å². The van der Waals surface area contributed by atoms with Crippen LogP contribution in [0.3, 0.4) is 0 Å². The van der Waals surface area contributed by atoms with Crippen molar-refractivity contribution in [1.29, 1.82) is 5.26 Å². The third-order valence-corrected chi connectivity index (χ3v) is 7.95. The molecule has 0 saturated carbocycles. The molecule has 0 fully saturated rings. The van der Waals surface area contributed by atoms with Gasteiger partial charge in [0.15, 0.2) is 5.78 Å². The van der Waals surface area contributed by atoms with E-state index in [9.17, 15) is 14.4 Å². The molecule has 0 spiro atoms. The summed E-state index contributed by atoms with van der Waals surface area (Å²) in [7, 11) is 0. The predicted octanol–water partition coefficient (Wildman–Crippen LogP) is 7.29. The summed E-state index contributed by atoms with van der Waals surface area (Å²) in [6.07, 6.45) is 1.79. The lowest BCUT2D eigenvalue weighted by molar-refractivity contribution is -0.116. The van der Waals surface area contributed by atoms with Gasteiger partial charge in [-0.25, -0.2) is 4.39 Å². The van der Waals surface area contributed by atoms with Crippen LogP contribution in [0.4, 0.5) is 10.1 Å². The highest BCUT2D eigenvalue weighted by atomic mass is 35.5. The Hall–Kier alpha value is -4.08. The Labute approximate surface area is 233 Å². The van der Waals surface area contributed by atoms with Crippen LogP contribution in [-0.4, -0.2) is 5.78 Å². The zero-order valence-corrected chi connectivity index (χ0v) is 22.9. The van der Waals surface area contributed by atoms with Crippen LogP contribution in [0.15, 0.2) is 77.3 Å². The highest BCUT2D eigenvalue weighted by Gasteiger charge is 2.41. The summed E-state index contributed by atoms with van der Waals surface area (Å²) < 4.78 is 19.3. The number of hydrogen-bond donors (Lipinski definition) is 1. The maximum atomic E-state index is 13.6. The van der Waals surface area contributed by atoms with Crippen LogP contribution >= 0.6 is 11.6 Å². The summed E-state index contributed by atoms with van der Waals surface area (Å²) >= 11 is 6.45. The molecule has 1 aliphatic heterocycles. The van der Waals surface area contributed by atoms with E-state index in [2.05, 4.69) is 6.07 Å². The zero-order valence-electron chi connectivity index (χ0n) is 22.1. The summed E-state index contributed by atoms with van der Waals surface area (Å²) in [5.41, 5.74) is 13.8. The smallest absolute Gasteiger partial charge is 0.161 e. The molecule has 0 saturated heterocycles. The first kappa shape index (κ1) is 26.5. The quantitative estimate of drug-likeness (QED) is 0.367. The number of halogens is 2. The summed E-state index contributed by atoms with van der Waals surface area (Å²) in [6.45, 7) is 6.13. The van der Waals surface area contributed by atoms with Gasteiger partial charge in [0.1, 0.15) is 24.0 Å². The van der Waals surface area contributed by atoms with Crippen LogP contribution in [0.2, 0.25) is 5.02 Å². The van der Waals surface area contributed by atoms with Gasteiger partial charge in [0, 0.05) is 28.4 Å². The molecule has 2 N–H and O–H groups in total. The van der Waals surface area contributed by atoms with Gasteiger partial charge >= 0.3 is 0 Å². The molecule has 3 aromatic carbocycles. The summed E-state index contributed by atoms with van der Waals surface area (Å²) in [5.74, 6) is -0.0291. The largest absolute Gasteiger partial charge is 0.489 e. The van der Waals surface area contributed by atoms with Gasteiger partial charge in [-0.3, -0.25) is 9.69 Å². The van der Waals surface area contributed by atoms with E-state index in [1.807, 2.05) is 56.0 Å². The molecular formula is C32H29ClFN3O2. The number of allylic oxidation sites excluding steroid dienone is 3. The fraction of sp³-hybridized carbons (Fsp3) is 0.250. The molecule has 0 bridgehead atoms.